The zero-order valence-corrected chi connectivity index (χ0v) is 9.77. The fraction of sp³-hybridized carbons (Fsp3) is 0.231. The molecule has 5 heteroatoms. The van der Waals surface area contributed by atoms with Gasteiger partial charge in [-0.05, 0) is 35.7 Å². The van der Waals surface area contributed by atoms with E-state index in [1.54, 1.807) is 12.1 Å². The topological polar surface area (TPSA) is 87.7 Å². The van der Waals surface area contributed by atoms with Gasteiger partial charge in [0, 0.05) is 5.39 Å². The molecule has 1 heterocycles. The highest BCUT2D eigenvalue weighted by atomic mass is 16.4. The maximum absolute atomic E-state index is 11.4. The Morgan fingerprint density at radius 1 is 1.28 bits per heavy atom. The van der Waals surface area contributed by atoms with Crippen LogP contribution in [0.15, 0.2) is 27.4 Å². The molecule has 2 N–H and O–H groups in total. The second-order valence-electron chi connectivity index (χ2n) is 3.92. The smallest absolute Gasteiger partial charge is 0.351 e. The molecule has 0 bridgehead atoms. The Kier molecular flexibility index (Phi) is 3.16. The number of rotatable bonds is 3. The maximum Gasteiger partial charge on any atom is 0.351 e. The predicted molar refractivity (Wildman–Crippen MR) is 64.7 cm³/mol. The van der Waals surface area contributed by atoms with Gasteiger partial charge in [-0.1, -0.05) is 6.92 Å². The number of hydrogen-bond acceptors (Lipinski definition) is 4. The summed E-state index contributed by atoms with van der Waals surface area (Å²) in [6, 6.07) is 4.60. The Balaban J connectivity index is 2.78. The number of aliphatic hydroxyl groups is 1. The van der Waals surface area contributed by atoms with Crippen LogP contribution in [0.25, 0.3) is 11.0 Å². The summed E-state index contributed by atoms with van der Waals surface area (Å²) in [5.41, 5.74) is 0.585. The fourth-order valence-electron chi connectivity index (χ4n) is 1.88. The molecule has 1 aromatic carbocycles. The molecule has 0 unspecified atom stereocenters. The van der Waals surface area contributed by atoms with Gasteiger partial charge in [0.05, 0.1) is 6.61 Å². The molecule has 0 fully saturated rings. The minimum atomic E-state index is -1.31. The monoisotopic (exact) mass is 248 g/mol. The van der Waals surface area contributed by atoms with Crippen molar-refractivity contribution in [1.82, 2.24) is 0 Å². The first-order chi connectivity index (χ1) is 8.56. The zero-order valence-electron chi connectivity index (χ0n) is 9.77. The van der Waals surface area contributed by atoms with Crippen LogP contribution in [-0.2, 0) is 13.0 Å². The van der Waals surface area contributed by atoms with E-state index < -0.39 is 11.6 Å². The summed E-state index contributed by atoms with van der Waals surface area (Å²) in [4.78, 5) is 22.3. The molecule has 2 aromatic rings. The SMILES string of the molecule is CCc1cc2cc(C(=O)O)c(=O)oc2cc1CO. The Labute approximate surface area is 102 Å². The Hall–Kier alpha value is -2.14. The first kappa shape index (κ1) is 12.3. The molecule has 5 nitrogen and oxygen atoms in total. The normalized spacial score (nSPS) is 10.8. The maximum atomic E-state index is 11.4. The van der Waals surface area contributed by atoms with Crippen molar-refractivity contribution < 1.29 is 19.4 Å². The highest BCUT2D eigenvalue weighted by Crippen LogP contribution is 2.20. The number of aryl methyl sites for hydroxylation is 1. The minimum absolute atomic E-state index is 0.149. The molecule has 0 atom stereocenters. The summed E-state index contributed by atoms with van der Waals surface area (Å²) in [7, 11) is 0. The number of carboxylic acids is 1. The average Bonchev–Trinajstić information content (AvgIpc) is 2.36. The third-order valence-electron chi connectivity index (χ3n) is 2.84. The molecule has 0 aliphatic heterocycles. The van der Waals surface area contributed by atoms with Crippen LogP contribution in [0.3, 0.4) is 0 Å². The van der Waals surface area contributed by atoms with Crippen molar-refractivity contribution >= 4 is 16.9 Å². The van der Waals surface area contributed by atoms with Gasteiger partial charge in [0.15, 0.2) is 0 Å². The van der Waals surface area contributed by atoms with Crippen molar-refractivity contribution in [3.05, 3.63) is 45.3 Å². The molecule has 1 aromatic heterocycles. The average molecular weight is 248 g/mol. The Bertz CT molecular complexity index is 669. The Morgan fingerprint density at radius 3 is 2.56 bits per heavy atom. The highest BCUT2D eigenvalue weighted by Gasteiger charge is 2.13. The van der Waals surface area contributed by atoms with Gasteiger partial charge in [0.25, 0.3) is 0 Å². The number of benzene rings is 1. The molecule has 18 heavy (non-hydrogen) atoms. The lowest BCUT2D eigenvalue weighted by molar-refractivity contribution is 0.0692. The number of fused-ring (bicyclic) bond motifs is 1. The fourth-order valence-corrected chi connectivity index (χ4v) is 1.88. The molecule has 0 amide bonds. The molecule has 0 aliphatic carbocycles. The molecule has 94 valence electrons. The number of aromatic carboxylic acids is 1. The molecule has 0 saturated carbocycles. The van der Waals surface area contributed by atoms with Crippen molar-refractivity contribution in [2.75, 3.05) is 0 Å². The summed E-state index contributed by atoms with van der Waals surface area (Å²) >= 11 is 0. The zero-order chi connectivity index (χ0) is 13.3. The van der Waals surface area contributed by atoms with Gasteiger partial charge in [0.2, 0.25) is 0 Å². The number of carboxylic acid groups (broad SMARTS) is 1. The van der Waals surface area contributed by atoms with Gasteiger partial charge < -0.3 is 14.6 Å². The van der Waals surface area contributed by atoms with E-state index in [1.807, 2.05) is 6.92 Å². The standard InChI is InChI=1S/C13H12O5/c1-2-7-3-8-4-10(12(15)16)13(17)18-11(8)5-9(7)6-14/h3-5,14H,2,6H2,1H3,(H,15,16). The van der Waals surface area contributed by atoms with Crippen LogP contribution < -0.4 is 5.63 Å². The summed E-state index contributed by atoms with van der Waals surface area (Å²) < 4.78 is 4.95. The lowest BCUT2D eigenvalue weighted by Gasteiger charge is -2.07. The lowest BCUT2D eigenvalue weighted by atomic mass is 10.0. The molecule has 0 spiro atoms. The largest absolute Gasteiger partial charge is 0.477 e. The van der Waals surface area contributed by atoms with Crippen LogP contribution in [0.5, 0.6) is 0 Å². The summed E-state index contributed by atoms with van der Waals surface area (Å²) in [5, 5.41) is 18.6. The van der Waals surface area contributed by atoms with Gasteiger partial charge >= 0.3 is 11.6 Å². The van der Waals surface area contributed by atoms with Crippen LogP contribution in [0.1, 0.15) is 28.4 Å². The second-order valence-corrected chi connectivity index (χ2v) is 3.92. The molecule has 0 aliphatic rings. The van der Waals surface area contributed by atoms with Gasteiger partial charge in [-0.25, -0.2) is 9.59 Å². The van der Waals surface area contributed by atoms with Crippen LogP contribution in [0.2, 0.25) is 0 Å². The van der Waals surface area contributed by atoms with Crippen LogP contribution in [0, 0.1) is 0 Å². The third-order valence-corrected chi connectivity index (χ3v) is 2.84. The van der Waals surface area contributed by atoms with Gasteiger partial charge in [-0.2, -0.15) is 0 Å². The summed E-state index contributed by atoms with van der Waals surface area (Å²) in [5.74, 6) is -1.31. The van der Waals surface area contributed by atoms with Gasteiger partial charge in [-0.3, -0.25) is 0 Å². The first-order valence-corrected chi connectivity index (χ1v) is 5.50. The predicted octanol–water partition coefficient (Wildman–Crippen LogP) is 1.55. The number of carbonyl (C=O) groups is 1. The van der Waals surface area contributed by atoms with Crippen molar-refractivity contribution in [3.8, 4) is 0 Å². The van der Waals surface area contributed by atoms with Gasteiger partial charge in [0.1, 0.15) is 11.1 Å². The van der Waals surface area contributed by atoms with Crippen molar-refractivity contribution in [3.63, 3.8) is 0 Å². The molecular formula is C13H12O5. The van der Waals surface area contributed by atoms with E-state index >= 15 is 0 Å². The number of aliphatic hydroxyl groups excluding tert-OH is 1. The molecule has 0 saturated heterocycles. The lowest BCUT2D eigenvalue weighted by Crippen LogP contribution is -2.13. The Morgan fingerprint density at radius 2 is 2.00 bits per heavy atom. The van der Waals surface area contributed by atoms with E-state index in [0.717, 1.165) is 5.56 Å². The van der Waals surface area contributed by atoms with Crippen LogP contribution in [-0.4, -0.2) is 16.2 Å². The van der Waals surface area contributed by atoms with E-state index in [-0.39, 0.29) is 17.8 Å². The van der Waals surface area contributed by atoms with E-state index in [9.17, 15) is 14.7 Å². The summed E-state index contributed by atoms with van der Waals surface area (Å²) in [6.45, 7) is 1.78. The molecule has 2 rings (SSSR count). The minimum Gasteiger partial charge on any atom is -0.477 e. The van der Waals surface area contributed by atoms with Gasteiger partial charge in [-0.15, -0.1) is 0 Å². The van der Waals surface area contributed by atoms with Crippen molar-refractivity contribution in [1.29, 1.82) is 0 Å². The second kappa shape index (κ2) is 4.62. The van der Waals surface area contributed by atoms with Crippen LogP contribution >= 0.6 is 0 Å². The number of hydrogen-bond donors (Lipinski definition) is 2. The third kappa shape index (κ3) is 2.00. The molecular weight excluding hydrogens is 236 g/mol. The van der Waals surface area contributed by atoms with Crippen molar-refractivity contribution in [2.24, 2.45) is 0 Å². The quantitative estimate of drug-likeness (QED) is 0.804. The summed E-state index contributed by atoms with van der Waals surface area (Å²) in [6.07, 6.45) is 0.702. The van der Waals surface area contributed by atoms with E-state index in [4.69, 9.17) is 9.52 Å². The van der Waals surface area contributed by atoms with E-state index in [1.165, 1.54) is 6.07 Å². The van der Waals surface area contributed by atoms with Crippen molar-refractivity contribution in [2.45, 2.75) is 20.0 Å². The van der Waals surface area contributed by atoms with E-state index in [0.29, 0.717) is 17.4 Å². The molecule has 0 radical (unpaired) electrons. The highest BCUT2D eigenvalue weighted by molar-refractivity contribution is 5.91. The van der Waals surface area contributed by atoms with E-state index in [2.05, 4.69) is 0 Å². The first-order valence-electron chi connectivity index (χ1n) is 5.50. The van der Waals surface area contributed by atoms with Crippen LogP contribution in [0.4, 0.5) is 0 Å².